The lowest BCUT2D eigenvalue weighted by Gasteiger charge is -2.13. The number of ether oxygens (including phenoxy) is 4. The van der Waals surface area contributed by atoms with E-state index in [-0.39, 0.29) is 12.5 Å². The zero-order valence-electron chi connectivity index (χ0n) is 21.0. The van der Waals surface area contributed by atoms with E-state index in [4.69, 9.17) is 18.9 Å². The number of nitrogens with one attached hydrogen (secondary N) is 2. The van der Waals surface area contributed by atoms with Crippen LogP contribution in [0.1, 0.15) is 28.4 Å². The molecule has 3 rings (SSSR count). The Kier molecular flexibility index (Phi) is 10.1. The minimum Gasteiger partial charge on any atom is -0.493 e. The van der Waals surface area contributed by atoms with Gasteiger partial charge in [-0.3, -0.25) is 9.59 Å². The maximum absolute atomic E-state index is 12.5. The Hall–Kier alpha value is -3.80. The number of hydrazone groups is 1. The Morgan fingerprint density at radius 2 is 1.68 bits per heavy atom. The van der Waals surface area contributed by atoms with Crippen LogP contribution in [0.15, 0.2) is 59.7 Å². The molecule has 0 aliphatic heterocycles. The molecule has 0 saturated carbocycles. The van der Waals surface area contributed by atoms with Crippen LogP contribution in [0, 0.1) is 10.5 Å². The number of rotatable bonds is 11. The Morgan fingerprint density at radius 3 is 2.35 bits per heavy atom. The lowest BCUT2D eigenvalue weighted by Crippen LogP contribution is -2.20. The Labute approximate surface area is 229 Å². The molecule has 2 N–H and O–H groups in total. The van der Waals surface area contributed by atoms with Gasteiger partial charge in [0.15, 0.2) is 29.6 Å². The summed E-state index contributed by atoms with van der Waals surface area (Å²) in [5.74, 6) is 1.19. The zero-order chi connectivity index (χ0) is 26.8. The van der Waals surface area contributed by atoms with E-state index < -0.39 is 5.91 Å². The number of methoxy groups -OCH3 is 2. The van der Waals surface area contributed by atoms with E-state index >= 15 is 0 Å². The summed E-state index contributed by atoms with van der Waals surface area (Å²) in [5, 5.41) is 6.84. The predicted octanol–water partition coefficient (Wildman–Crippen LogP) is 4.80. The molecule has 2 amide bonds. The number of hydrogen-bond acceptors (Lipinski definition) is 7. The van der Waals surface area contributed by atoms with E-state index in [9.17, 15) is 9.59 Å². The first-order valence-electron chi connectivity index (χ1n) is 11.4. The van der Waals surface area contributed by atoms with Gasteiger partial charge in [0.2, 0.25) is 0 Å². The smallest absolute Gasteiger partial charge is 0.271 e. The molecule has 0 bridgehead atoms. The summed E-state index contributed by atoms with van der Waals surface area (Å²) in [6.45, 7) is 4.14. The molecule has 0 spiro atoms. The number of nitrogens with zero attached hydrogens (tertiary/aromatic N) is 1. The van der Waals surface area contributed by atoms with Crippen molar-refractivity contribution in [2.24, 2.45) is 5.10 Å². The molecular formula is C27H28IN3O6. The summed E-state index contributed by atoms with van der Waals surface area (Å²) in [4.78, 5) is 24.8. The van der Waals surface area contributed by atoms with Crippen molar-refractivity contribution in [3.8, 4) is 23.0 Å². The number of amides is 2. The van der Waals surface area contributed by atoms with Gasteiger partial charge in [-0.25, -0.2) is 5.43 Å². The molecule has 0 heterocycles. The van der Waals surface area contributed by atoms with Crippen molar-refractivity contribution in [1.82, 2.24) is 5.43 Å². The number of aryl methyl sites for hydroxylation is 1. The minimum atomic E-state index is -0.404. The number of carbonyl (C=O) groups excluding carboxylic acids is 2. The van der Waals surface area contributed by atoms with Gasteiger partial charge in [-0.2, -0.15) is 5.10 Å². The highest BCUT2D eigenvalue weighted by Crippen LogP contribution is 2.33. The SMILES string of the molecule is CCOc1ccc(C(=O)N/N=C/c2cc(I)c(OCC(=O)Nc3ccc(C)cc3)c(OC)c2)cc1OC. The normalized spacial score (nSPS) is 10.6. The van der Waals surface area contributed by atoms with E-state index in [1.54, 1.807) is 30.3 Å². The zero-order valence-corrected chi connectivity index (χ0v) is 23.1. The van der Waals surface area contributed by atoms with Crippen LogP contribution in [0.3, 0.4) is 0 Å². The predicted molar refractivity (Wildman–Crippen MR) is 150 cm³/mol. The standard InChI is InChI=1S/C27H28IN3O6/c1-5-36-22-11-8-19(14-23(22)34-3)27(33)31-29-15-18-12-21(28)26(24(13-18)35-4)37-16-25(32)30-20-9-6-17(2)7-10-20/h6-15H,5,16H2,1-4H3,(H,30,32)(H,31,33)/b29-15+. The number of hydrogen-bond donors (Lipinski definition) is 2. The average Bonchev–Trinajstić information content (AvgIpc) is 2.89. The highest BCUT2D eigenvalue weighted by atomic mass is 127. The van der Waals surface area contributed by atoms with Gasteiger partial charge in [-0.1, -0.05) is 17.7 Å². The Bertz CT molecular complexity index is 1280. The maximum atomic E-state index is 12.5. The first-order valence-corrected chi connectivity index (χ1v) is 12.4. The van der Waals surface area contributed by atoms with Crippen LogP contribution in [0.5, 0.6) is 23.0 Å². The monoisotopic (exact) mass is 617 g/mol. The summed E-state index contributed by atoms with van der Waals surface area (Å²) in [6, 6.07) is 15.9. The molecule has 0 aliphatic carbocycles. The highest BCUT2D eigenvalue weighted by Gasteiger charge is 2.14. The van der Waals surface area contributed by atoms with Crippen LogP contribution < -0.4 is 29.7 Å². The van der Waals surface area contributed by atoms with Crippen molar-refractivity contribution in [3.63, 3.8) is 0 Å². The third kappa shape index (κ3) is 7.84. The molecule has 0 fully saturated rings. The molecule has 3 aromatic rings. The van der Waals surface area contributed by atoms with Crippen LogP contribution >= 0.6 is 22.6 Å². The summed E-state index contributed by atoms with van der Waals surface area (Å²) in [5.41, 5.74) is 5.33. The van der Waals surface area contributed by atoms with E-state index in [1.807, 2.05) is 38.1 Å². The molecule has 0 unspecified atom stereocenters. The Morgan fingerprint density at radius 1 is 0.946 bits per heavy atom. The van der Waals surface area contributed by atoms with Crippen molar-refractivity contribution in [2.45, 2.75) is 13.8 Å². The van der Waals surface area contributed by atoms with Crippen molar-refractivity contribution in [3.05, 3.63) is 74.9 Å². The molecule has 0 radical (unpaired) electrons. The molecule has 37 heavy (non-hydrogen) atoms. The van der Waals surface area contributed by atoms with E-state index in [1.165, 1.54) is 20.4 Å². The van der Waals surface area contributed by atoms with Crippen molar-refractivity contribution >= 4 is 46.3 Å². The number of carbonyl (C=O) groups is 2. The van der Waals surface area contributed by atoms with Gasteiger partial charge in [-0.05, 0) is 84.5 Å². The van der Waals surface area contributed by atoms with Crippen molar-refractivity contribution < 1.29 is 28.5 Å². The Balaban J connectivity index is 1.63. The second-order valence-corrected chi connectivity index (χ2v) is 8.90. The topological polar surface area (TPSA) is 107 Å². The summed E-state index contributed by atoms with van der Waals surface area (Å²) in [7, 11) is 3.02. The molecular weight excluding hydrogens is 589 g/mol. The molecule has 10 heteroatoms. The van der Waals surface area contributed by atoms with Gasteiger partial charge in [0, 0.05) is 11.3 Å². The fourth-order valence-electron chi connectivity index (χ4n) is 3.24. The molecule has 3 aromatic carbocycles. The number of benzene rings is 3. The van der Waals surface area contributed by atoms with Crippen LogP contribution in [0.4, 0.5) is 5.69 Å². The quantitative estimate of drug-likeness (QED) is 0.182. The van der Waals surface area contributed by atoms with Gasteiger partial charge < -0.3 is 24.3 Å². The maximum Gasteiger partial charge on any atom is 0.271 e. The molecule has 194 valence electrons. The van der Waals surface area contributed by atoms with Crippen molar-refractivity contribution in [2.75, 3.05) is 32.8 Å². The highest BCUT2D eigenvalue weighted by molar-refractivity contribution is 14.1. The van der Waals surface area contributed by atoms with Crippen molar-refractivity contribution in [1.29, 1.82) is 0 Å². The first kappa shape index (κ1) is 27.8. The third-order valence-corrected chi connectivity index (χ3v) is 5.84. The summed E-state index contributed by atoms with van der Waals surface area (Å²) in [6.07, 6.45) is 1.49. The van der Waals surface area contributed by atoms with Crippen LogP contribution in [0.25, 0.3) is 0 Å². The minimum absolute atomic E-state index is 0.185. The van der Waals surface area contributed by atoms with Gasteiger partial charge >= 0.3 is 0 Å². The van der Waals surface area contributed by atoms with E-state index in [0.717, 1.165) is 5.56 Å². The van der Waals surface area contributed by atoms with Crippen LogP contribution in [-0.2, 0) is 4.79 Å². The fraction of sp³-hybridized carbons (Fsp3) is 0.222. The van der Waals surface area contributed by atoms with Gasteiger partial charge in [0.1, 0.15) is 0 Å². The van der Waals surface area contributed by atoms with Gasteiger partial charge in [0.05, 0.1) is 30.6 Å². The molecule has 0 aliphatic rings. The lowest BCUT2D eigenvalue weighted by atomic mass is 10.2. The van der Waals surface area contributed by atoms with Gasteiger partial charge in [0.25, 0.3) is 11.8 Å². The second kappa shape index (κ2) is 13.5. The number of halogens is 1. The van der Waals surface area contributed by atoms with E-state index in [0.29, 0.717) is 50.0 Å². The summed E-state index contributed by atoms with van der Waals surface area (Å²) < 4.78 is 22.7. The molecule has 0 aromatic heterocycles. The fourth-order valence-corrected chi connectivity index (χ4v) is 4.02. The largest absolute Gasteiger partial charge is 0.493 e. The molecule has 0 atom stereocenters. The number of anilines is 1. The van der Waals surface area contributed by atoms with Crippen LogP contribution in [0.2, 0.25) is 0 Å². The molecule has 9 nitrogen and oxygen atoms in total. The molecule has 0 saturated heterocycles. The second-order valence-electron chi connectivity index (χ2n) is 7.73. The van der Waals surface area contributed by atoms with E-state index in [2.05, 4.69) is 38.4 Å². The average molecular weight is 617 g/mol. The third-order valence-electron chi connectivity index (χ3n) is 5.04. The summed E-state index contributed by atoms with van der Waals surface area (Å²) >= 11 is 2.09. The lowest BCUT2D eigenvalue weighted by molar-refractivity contribution is -0.118. The first-order chi connectivity index (χ1) is 17.8. The van der Waals surface area contributed by atoms with Crippen LogP contribution in [-0.4, -0.2) is 45.5 Å². The van der Waals surface area contributed by atoms with Gasteiger partial charge in [-0.15, -0.1) is 0 Å².